The number of hydrogen-bond acceptors (Lipinski definition) is 4. The van der Waals surface area contributed by atoms with E-state index in [2.05, 4.69) is 23.8 Å². The van der Waals surface area contributed by atoms with E-state index >= 15 is 0 Å². The van der Waals surface area contributed by atoms with Crippen molar-refractivity contribution in [1.29, 1.82) is 0 Å². The number of nitrogens with one attached hydrogen (secondary N) is 1. The van der Waals surface area contributed by atoms with Gasteiger partial charge < -0.3 is 14.2 Å². The zero-order valence-electron chi connectivity index (χ0n) is 16.2. The number of aliphatic carboxylic acids is 1. The third-order valence-corrected chi connectivity index (χ3v) is 6.37. The van der Waals surface area contributed by atoms with Crippen molar-refractivity contribution in [3.63, 3.8) is 0 Å². The summed E-state index contributed by atoms with van der Waals surface area (Å²) >= 11 is 0.419. The number of anilines is 1. The Hall–Kier alpha value is -2.09. The van der Waals surface area contributed by atoms with E-state index < -0.39 is 17.3 Å². The van der Waals surface area contributed by atoms with Crippen LogP contribution >= 0.6 is 11.8 Å². The molecular formula is C21H24N2O3S2. The molecule has 0 aliphatic carbocycles. The van der Waals surface area contributed by atoms with Crippen LogP contribution in [-0.2, 0) is 29.1 Å². The number of carboxylic acid groups (broad SMARTS) is 1. The van der Waals surface area contributed by atoms with Crippen LogP contribution < -0.4 is 4.72 Å². The summed E-state index contributed by atoms with van der Waals surface area (Å²) in [5.74, 6) is -0.889. The van der Waals surface area contributed by atoms with Crippen LogP contribution in [0.25, 0.3) is 10.9 Å². The molecule has 0 bridgehead atoms. The number of rotatable bonds is 8. The Bertz CT molecular complexity index is 999. The fourth-order valence-corrected chi connectivity index (χ4v) is 5.10. The molecule has 1 heterocycles. The standard InChI is InChI=1S/C21H24N2O3S2/c1-4-8-15-9-5-6-12-18(15)27-21-14(2)23(13-19(24)25)17-11-7-10-16(20(17)21)22-28(3)26/h5-7,9-12,22H,4,8,13H2,1-3H3,(H,24,25). The molecule has 148 valence electrons. The molecule has 7 heteroatoms. The Labute approximate surface area is 172 Å². The molecule has 0 spiro atoms. The first-order chi connectivity index (χ1) is 13.4. The van der Waals surface area contributed by atoms with E-state index in [0.717, 1.165) is 44.9 Å². The lowest BCUT2D eigenvalue weighted by Gasteiger charge is -2.11. The first-order valence-electron chi connectivity index (χ1n) is 9.11. The van der Waals surface area contributed by atoms with Crippen molar-refractivity contribution >= 4 is 45.7 Å². The van der Waals surface area contributed by atoms with Crippen molar-refractivity contribution in [1.82, 2.24) is 4.57 Å². The van der Waals surface area contributed by atoms with Gasteiger partial charge in [-0.25, -0.2) is 4.72 Å². The molecule has 2 aromatic carbocycles. The second kappa shape index (κ2) is 8.94. The van der Waals surface area contributed by atoms with Gasteiger partial charge in [0.05, 0.1) is 22.6 Å². The molecule has 0 aliphatic heterocycles. The van der Waals surface area contributed by atoms with E-state index in [9.17, 15) is 14.5 Å². The van der Waals surface area contributed by atoms with Crippen molar-refractivity contribution < 1.29 is 14.5 Å². The summed E-state index contributed by atoms with van der Waals surface area (Å²) in [6.45, 7) is 3.99. The minimum Gasteiger partial charge on any atom is -0.593 e. The molecule has 3 aromatic rings. The van der Waals surface area contributed by atoms with Crippen molar-refractivity contribution in [3.8, 4) is 0 Å². The number of carbonyl (C=O) groups is 1. The Morgan fingerprint density at radius 2 is 2.00 bits per heavy atom. The predicted molar refractivity (Wildman–Crippen MR) is 117 cm³/mol. The zero-order valence-corrected chi connectivity index (χ0v) is 17.8. The Balaban J connectivity index is 2.20. The van der Waals surface area contributed by atoms with Gasteiger partial charge in [0, 0.05) is 20.9 Å². The fraction of sp³-hybridized carbons (Fsp3) is 0.286. The Kier molecular flexibility index (Phi) is 6.59. The summed E-state index contributed by atoms with van der Waals surface area (Å²) < 4.78 is 16.6. The monoisotopic (exact) mass is 416 g/mol. The highest BCUT2D eigenvalue weighted by Crippen LogP contribution is 2.43. The molecule has 0 aliphatic rings. The lowest BCUT2D eigenvalue weighted by Crippen LogP contribution is -2.11. The molecule has 0 saturated heterocycles. The van der Waals surface area contributed by atoms with Crippen LogP contribution in [0.4, 0.5) is 5.69 Å². The maximum atomic E-state index is 11.8. The first-order valence-corrected chi connectivity index (χ1v) is 11.5. The molecule has 0 fully saturated rings. The van der Waals surface area contributed by atoms with Crippen molar-refractivity contribution in [3.05, 3.63) is 53.7 Å². The van der Waals surface area contributed by atoms with Crippen LogP contribution in [-0.4, -0.2) is 26.5 Å². The van der Waals surface area contributed by atoms with Gasteiger partial charge in [0.1, 0.15) is 12.8 Å². The van der Waals surface area contributed by atoms with Crippen LogP contribution in [0.3, 0.4) is 0 Å². The minimum atomic E-state index is -1.23. The van der Waals surface area contributed by atoms with Crippen LogP contribution in [0, 0.1) is 6.92 Å². The molecule has 28 heavy (non-hydrogen) atoms. The summed E-state index contributed by atoms with van der Waals surface area (Å²) in [4.78, 5) is 13.6. The third-order valence-electron chi connectivity index (χ3n) is 4.54. The third kappa shape index (κ3) is 4.32. The topological polar surface area (TPSA) is 77.3 Å². The van der Waals surface area contributed by atoms with Crippen LogP contribution in [0.1, 0.15) is 24.6 Å². The van der Waals surface area contributed by atoms with E-state index in [4.69, 9.17) is 0 Å². The van der Waals surface area contributed by atoms with Gasteiger partial charge in [-0.2, -0.15) is 0 Å². The molecule has 0 saturated carbocycles. The van der Waals surface area contributed by atoms with Crippen LogP contribution in [0.2, 0.25) is 0 Å². The minimum absolute atomic E-state index is 0.113. The number of hydrogen-bond donors (Lipinski definition) is 2. The average molecular weight is 417 g/mol. The maximum absolute atomic E-state index is 11.8. The molecule has 1 aromatic heterocycles. The van der Waals surface area contributed by atoms with E-state index in [1.807, 2.05) is 41.8 Å². The highest BCUT2D eigenvalue weighted by atomic mass is 32.2. The van der Waals surface area contributed by atoms with Crippen LogP contribution in [0.15, 0.2) is 52.3 Å². The Morgan fingerprint density at radius 1 is 1.25 bits per heavy atom. The van der Waals surface area contributed by atoms with E-state index in [0.29, 0.717) is 0 Å². The lowest BCUT2D eigenvalue weighted by molar-refractivity contribution is -0.137. The summed E-state index contributed by atoms with van der Waals surface area (Å²) in [5.41, 5.74) is 3.75. The molecule has 1 atom stereocenters. The Morgan fingerprint density at radius 3 is 2.68 bits per heavy atom. The normalized spacial score (nSPS) is 12.3. The van der Waals surface area contributed by atoms with Gasteiger partial charge in [0.15, 0.2) is 0 Å². The quantitative estimate of drug-likeness (QED) is 0.514. The molecule has 0 amide bonds. The number of nitrogens with zero attached hydrogens (tertiary/aromatic N) is 1. The van der Waals surface area contributed by atoms with Crippen molar-refractivity contribution in [2.24, 2.45) is 0 Å². The van der Waals surface area contributed by atoms with Gasteiger partial charge in [-0.3, -0.25) is 4.79 Å². The van der Waals surface area contributed by atoms with Crippen molar-refractivity contribution in [2.75, 3.05) is 11.0 Å². The molecule has 0 radical (unpaired) electrons. The summed E-state index contributed by atoms with van der Waals surface area (Å²) in [7, 11) is 0. The average Bonchev–Trinajstić information content (AvgIpc) is 2.89. The highest BCUT2D eigenvalue weighted by molar-refractivity contribution is 7.99. The van der Waals surface area contributed by atoms with Gasteiger partial charge in [0.25, 0.3) is 0 Å². The fourth-order valence-electron chi connectivity index (χ4n) is 3.38. The van der Waals surface area contributed by atoms with Gasteiger partial charge in [0.2, 0.25) is 0 Å². The van der Waals surface area contributed by atoms with Gasteiger partial charge >= 0.3 is 5.97 Å². The van der Waals surface area contributed by atoms with E-state index in [-0.39, 0.29) is 6.54 Å². The number of carboxylic acids is 1. The van der Waals surface area contributed by atoms with Gasteiger partial charge in [-0.1, -0.05) is 49.4 Å². The van der Waals surface area contributed by atoms with Crippen molar-refractivity contribution in [2.45, 2.75) is 43.0 Å². The SMILES string of the molecule is CCCc1ccccc1Sc1c(C)n(CC(=O)O)c2cccc(N[S+](C)[O-])c12. The summed E-state index contributed by atoms with van der Waals surface area (Å²) in [5, 5.41) is 10.3. The zero-order chi connectivity index (χ0) is 20.3. The maximum Gasteiger partial charge on any atom is 0.323 e. The number of fused-ring (bicyclic) bond motifs is 1. The number of benzene rings is 2. The molecular weight excluding hydrogens is 392 g/mol. The molecule has 1 unspecified atom stereocenters. The molecule has 3 rings (SSSR count). The number of aryl methyl sites for hydroxylation is 1. The second-order valence-electron chi connectivity index (χ2n) is 6.61. The highest BCUT2D eigenvalue weighted by Gasteiger charge is 2.21. The number of aromatic nitrogens is 1. The largest absolute Gasteiger partial charge is 0.593 e. The van der Waals surface area contributed by atoms with Gasteiger partial charge in [-0.05, 0) is 37.1 Å². The van der Waals surface area contributed by atoms with Crippen LogP contribution in [0.5, 0.6) is 0 Å². The summed E-state index contributed by atoms with van der Waals surface area (Å²) in [6, 6.07) is 14.0. The first kappa shape index (κ1) is 20.6. The second-order valence-corrected chi connectivity index (χ2v) is 8.77. The summed E-state index contributed by atoms with van der Waals surface area (Å²) in [6.07, 6.45) is 3.63. The predicted octanol–water partition coefficient (Wildman–Crippen LogP) is 4.84. The molecule has 2 N–H and O–H groups in total. The van der Waals surface area contributed by atoms with E-state index in [1.165, 1.54) is 5.56 Å². The van der Waals surface area contributed by atoms with E-state index in [1.54, 1.807) is 18.0 Å². The lowest BCUT2D eigenvalue weighted by atomic mass is 10.1. The molecule has 5 nitrogen and oxygen atoms in total. The van der Waals surface area contributed by atoms with Gasteiger partial charge in [-0.15, -0.1) is 0 Å². The smallest absolute Gasteiger partial charge is 0.323 e.